The van der Waals surface area contributed by atoms with Gasteiger partial charge in [-0.15, -0.1) is 0 Å². The van der Waals surface area contributed by atoms with Gasteiger partial charge in [-0.2, -0.15) is 0 Å². The second-order valence-corrected chi connectivity index (χ2v) is 4.34. The van der Waals surface area contributed by atoms with Crippen LogP contribution in [0.25, 0.3) is 0 Å². The largest absolute Gasteiger partial charge is 0.481 e. The molecule has 5 heteroatoms. The summed E-state index contributed by atoms with van der Waals surface area (Å²) in [6, 6.07) is 7.61. The Morgan fingerprint density at radius 1 is 1.37 bits per heavy atom. The van der Waals surface area contributed by atoms with Crippen molar-refractivity contribution in [2.24, 2.45) is 0 Å². The molecule has 0 aliphatic rings. The monoisotopic (exact) mass is 259 g/mol. The highest BCUT2D eigenvalue weighted by Gasteiger charge is 2.08. The molecule has 2 rings (SSSR count). The molecule has 0 fully saturated rings. The first-order valence-electron chi connectivity index (χ1n) is 6.14. The topological polar surface area (TPSA) is 67.2 Å². The molecule has 5 nitrogen and oxygen atoms in total. The van der Waals surface area contributed by atoms with E-state index in [9.17, 15) is 4.79 Å². The highest BCUT2D eigenvalue weighted by molar-refractivity contribution is 5.70. The standard InChI is InChI=1S/C14H17N3O2/c1-15-9-13-16-6-7-17(13)10-12-5-3-2-4-11(12)8-14(18)19/h2-7,15H,8-10H2,1H3,(H,18,19). The number of rotatable bonds is 6. The van der Waals surface area contributed by atoms with Crippen molar-refractivity contribution in [3.8, 4) is 0 Å². The Balaban J connectivity index is 2.22. The molecule has 1 aromatic heterocycles. The van der Waals surface area contributed by atoms with Gasteiger partial charge in [0.05, 0.1) is 13.0 Å². The molecule has 0 aliphatic heterocycles. The van der Waals surface area contributed by atoms with Gasteiger partial charge in [0, 0.05) is 18.9 Å². The fourth-order valence-corrected chi connectivity index (χ4v) is 2.04. The average Bonchev–Trinajstić information content (AvgIpc) is 2.79. The molecule has 0 saturated carbocycles. The van der Waals surface area contributed by atoms with E-state index in [0.29, 0.717) is 13.1 Å². The van der Waals surface area contributed by atoms with Gasteiger partial charge in [0.2, 0.25) is 0 Å². The second-order valence-electron chi connectivity index (χ2n) is 4.34. The van der Waals surface area contributed by atoms with Gasteiger partial charge in [0.15, 0.2) is 0 Å². The third-order valence-electron chi connectivity index (χ3n) is 2.94. The zero-order valence-corrected chi connectivity index (χ0v) is 10.8. The maximum absolute atomic E-state index is 10.9. The van der Waals surface area contributed by atoms with E-state index in [4.69, 9.17) is 5.11 Å². The molecule has 0 radical (unpaired) electrons. The van der Waals surface area contributed by atoms with Gasteiger partial charge in [0.25, 0.3) is 0 Å². The summed E-state index contributed by atoms with van der Waals surface area (Å²) in [7, 11) is 1.87. The number of aromatic nitrogens is 2. The fourth-order valence-electron chi connectivity index (χ4n) is 2.04. The lowest BCUT2D eigenvalue weighted by atomic mass is 10.0. The number of carbonyl (C=O) groups is 1. The first-order chi connectivity index (χ1) is 9.20. The summed E-state index contributed by atoms with van der Waals surface area (Å²) < 4.78 is 2.02. The van der Waals surface area contributed by atoms with Crippen LogP contribution in [0.4, 0.5) is 0 Å². The number of imidazole rings is 1. The molecule has 2 N–H and O–H groups in total. The number of nitrogens with zero attached hydrogens (tertiary/aromatic N) is 2. The third-order valence-corrected chi connectivity index (χ3v) is 2.94. The minimum atomic E-state index is -0.812. The highest BCUT2D eigenvalue weighted by atomic mass is 16.4. The molecule has 100 valence electrons. The molecule has 1 aromatic carbocycles. The van der Waals surface area contributed by atoms with E-state index in [1.807, 2.05) is 42.1 Å². The van der Waals surface area contributed by atoms with Crippen molar-refractivity contribution in [3.63, 3.8) is 0 Å². The van der Waals surface area contributed by atoms with Gasteiger partial charge in [0.1, 0.15) is 5.82 Å². The summed E-state index contributed by atoms with van der Waals surface area (Å²) in [5, 5.41) is 12.0. The summed E-state index contributed by atoms with van der Waals surface area (Å²) in [6.45, 7) is 1.33. The van der Waals surface area contributed by atoms with E-state index >= 15 is 0 Å². The van der Waals surface area contributed by atoms with Crippen LogP contribution in [-0.2, 0) is 24.3 Å². The Kier molecular flexibility index (Phi) is 4.30. The van der Waals surface area contributed by atoms with Gasteiger partial charge in [-0.05, 0) is 18.2 Å². The average molecular weight is 259 g/mol. The van der Waals surface area contributed by atoms with Crippen molar-refractivity contribution in [1.29, 1.82) is 0 Å². The van der Waals surface area contributed by atoms with Crippen molar-refractivity contribution in [3.05, 3.63) is 53.6 Å². The molecule has 0 unspecified atom stereocenters. The van der Waals surface area contributed by atoms with Crippen LogP contribution in [0.5, 0.6) is 0 Å². The summed E-state index contributed by atoms with van der Waals surface area (Å²) >= 11 is 0. The SMILES string of the molecule is CNCc1nccn1Cc1ccccc1CC(=O)O. The maximum atomic E-state index is 10.9. The van der Waals surface area contributed by atoms with Crippen molar-refractivity contribution < 1.29 is 9.90 Å². The molecule has 0 spiro atoms. The van der Waals surface area contributed by atoms with E-state index in [0.717, 1.165) is 17.0 Å². The number of hydrogen-bond acceptors (Lipinski definition) is 3. The zero-order valence-electron chi connectivity index (χ0n) is 10.8. The molecule has 0 amide bonds. The van der Waals surface area contributed by atoms with E-state index < -0.39 is 5.97 Å². The Labute approximate surface area is 111 Å². The number of carboxylic acid groups (broad SMARTS) is 1. The molecule has 2 aromatic rings. The smallest absolute Gasteiger partial charge is 0.307 e. The van der Waals surface area contributed by atoms with E-state index in [2.05, 4.69) is 10.3 Å². The molecule has 0 atom stereocenters. The third kappa shape index (κ3) is 3.42. The second kappa shape index (κ2) is 6.15. The maximum Gasteiger partial charge on any atom is 0.307 e. The van der Waals surface area contributed by atoms with Gasteiger partial charge >= 0.3 is 5.97 Å². The number of nitrogens with one attached hydrogen (secondary N) is 1. The molecule has 19 heavy (non-hydrogen) atoms. The summed E-state index contributed by atoms with van der Waals surface area (Å²) in [5.41, 5.74) is 1.86. The van der Waals surface area contributed by atoms with Gasteiger partial charge in [-0.3, -0.25) is 4.79 Å². The van der Waals surface area contributed by atoms with Crippen molar-refractivity contribution in [1.82, 2.24) is 14.9 Å². The van der Waals surface area contributed by atoms with Crippen LogP contribution < -0.4 is 5.32 Å². The van der Waals surface area contributed by atoms with E-state index in [1.54, 1.807) is 6.20 Å². The predicted molar refractivity (Wildman–Crippen MR) is 71.9 cm³/mol. The van der Waals surface area contributed by atoms with Crippen molar-refractivity contribution in [2.45, 2.75) is 19.5 Å². The van der Waals surface area contributed by atoms with Crippen LogP contribution in [0.1, 0.15) is 17.0 Å². The fraction of sp³-hybridized carbons (Fsp3) is 0.286. The molecular weight excluding hydrogens is 242 g/mol. The molecular formula is C14H17N3O2. The van der Waals surface area contributed by atoms with E-state index in [1.165, 1.54) is 0 Å². The van der Waals surface area contributed by atoms with Crippen LogP contribution in [-0.4, -0.2) is 27.7 Å². The van der Waals surface area contributed by atoms with Crippen LogP contribution in [0, 0.1) is 0 Å². The van der Waals surface area contributed by atoms with Crippen molar-refractivity contribution >= 4 is 5.97 Å². The van der Waals surface area contributed by atoms with Crippen molar-refractivity contribution in [2.75, 3.05) is 7.05 Å². The lowest BCUT2D eigenvalue weighted by Crippen LogP contribution is -2.14. The number of carboxylic acids is 1. The number of benzene rings is 1. The van der Waals surface area contributed by atoms with Gasteiger partial charge in [-0.1, -0.05) is 24.3 Å². The first-order valence-corrected chi connectivity index (χ1v) is 6.14. The van der Waals surface area contributed by atoms with Gasteiger partial charge in [-0.25, -0.2) is 4.98 Å². The first kappa shape index (κ1) is 13.3. The quantitative estimate of drug-likeness (QED) is 0.820. The normalized spacial score (nSPS) is 10.6. The van der Waals surface area contributed by atoms with Crippen LogP contribution >= 0.6 is 0 Å². The highest BCUT2D eigenvalue weighted by Crippen LogP contribution is 2.12. The minimum absolute atomic E-state index is 0.0478. The molecule has 1 heterocycles. The lowest BCUT2D eigenvalue weighted by molar-refractivity contribution is -0.136. The number of hydrogen-bond donors (Lipinski definition) is 2. The molecule has 0 bridgehead atoms. The molecule has 0 saturated heterocycles. The van der Waals surface area contributed by atoms with E-state index in [-0.39, 0.29) is 6.42 Å². The summed E-state index contributed by atoms with van der Waals surface area (Å²) in [6.07, 6.45) is 3.71. The Morgan fingerprint density at radius 3 is 2.79 bits per heavy atom. The Hall–Kier alpha value is -2.14. The van der Waals surface area contributed by atoms with Gasteiger partial charge < -0.3 is 15.0 Å². The van der Waals surface area contributed by atoms with Crippen LogP contribution in [0.2, 0.25) is 0 Å². The Morgan fingerprint density at radius 2 is 2.11 bits per heavy atom. The number of aliphatic carboxylic acids is 1. The lowest BCUT2D eigenvalue weighted by Gasteiger charge is -2.11. The summed E-state index contributed by atoms with van der Waals surface area (Å²) in [4.78, 5) is 15.1. The zero-order chi connectivity index (χ0) is 13.7. The summed E-state index contributed by atoms with van der Waals surface area (Å²) in [5.74, 6) is 0.126. The van der Waals surface area contributed by atoms with Crippen LogP contribution in [0.15, 0.2) is 36.7 Å². The Bertz CT molecular complexity index is 563. The minimum Gasteiger partial charge on any atom is -0.481 e. The molecule has 0 aliphatic carbocycles. The van der Waals surface area contributed by atoms with Crippen LogP contribution in [0.3, 0.4) is 0 Å². The predicted octanol–water partition coefficient (Wildman–Crippen LogP) is 1.28.